The molecular weight excluding hydrogens is 994 g/mol. The minimum atomic E-state index is -1.91. The zero-order chi connectivity index (χ0) is 56.0. The number of aryl methyl sites for hydroxylation is 1. The Bertz CT molecular complexity index is 4120. The molecule has 0 saturated heterocycles. The van der Waals surface area contributed by atoms with Crippen molar-refractivity contribution in [3.63, 3.8) is 0 Å². The molecule has 9 aromatic rings. The van der Waals surface area contributed by atoms with Gasteiger partial charge in [-0.3, -0.25) is 0 Å². The predicted octanol–water partition coefficient (Wildman–Crippen LogP) is 17.3. The molecule has 4 heterocycles. The van der Waals surface area contributed by atoms with Crippen LogP contribution in [-0.4, -0.2) is 20.3 Å². The van der Waals surface area contributed by atoms with E-state index in [-0.39, 0.29) is 39.5 Å². The number of fused-ring (bicyclic) bond motifs is 13. The van der Waals surface area contributed by atoms with E-state index in [0.29, 0.717) is 0 Å². The van der Waals surface area contributed by atoms with Gasteiger partial charge in [-0.1, -0.05) is 226 Å². The van der Waals surface area contributed by atoms with E-state index >= 15 is 0 Å². The summed E-state index contributed by atoms with van der Waals surface area (Å²) in [5.41, 5.74) is 25.0. The van der Waals surface area contributed by atoms with Crippen molar-refractivity contribution in [2.45, 2.75) is 153 Å². The second kappa shape index (κ2) is 17.0. The lowest BCUT2D eigenvalue weighted by molar-refractivity contribution is 0.215. The van der Waals surface area contributed by atoms with Gasteiger partial charge < -0.3 is 14.7 Å². The van der Waals surface area contributed by atoms with Crippen LogP contribution in [-0.2, 0) is 33.6 Å². The fraction of sp³-hybridized carbons (Fsp3) is 0.316. The summed E-state index contributed by atoms with van der Waals surface area (Å²) in [4.78, 5) is 8.59. The van der Waals surface area contributed by atoms with Crippen LogP contribution < -0.4 is 36.3 Å². The first kappa shape index (κ1) is 50.9. The Morgan fingerprint density at radius 2 is 1.15 bits per heavy atom. The zero-order valence-electron chi connectivity index (χ0n) is 50.0. The summed E-state index contributed by atoms with van der Waals surface area (Å²) in [6, 6.07) is 72.8. The SMILES string of the molecule is CC(C)(C)c1ccc2c(c1)B1c3cc([Si](C)(C)C)cc4c3N(c3cc(N5c6ccccc6C6(C)CCc7ccccc7C56C)cc(c31)N2c1ccc(C(C)(C)C)cc1-c1ccc2ccccc2c1)C1(C)CCCCC41c1ccccc1. The van der Waals surface area contributed by atoms with Crippen LogP contribution in [0.15, 0.2) is 182 Å². The maximum atomic E-state index is 3.00. The largest absolute Gasteiger partial charge is 0.335 e. The number of hydrogen-bond donors (Lipinski definition) is 0. The number of para-hydroxylation sites is 1. The fourth-order valence-corrected chi connectivity index (χ4v) is 18.3. The Hall–Kier alpha value is -7.08. The summed E-state index contributed by atoms with van der Waals surface area (Å²) in [5, 5.41) is 4.08. The van der Waals surface area contributed by atoms with Crippen LogP contribution in [0.1, 0.15) is 133 Å². The molecule has 15 rings (SSSR count). The maximum Gasteiger partial charge on any atom is 0.252 e. The summed E-state index contributed by atoms with van der Waals surface area (Å²) in [6.07, 6.45) is 6.78. The second-order valence-corrected chi connectivity index (χ2v) is 34.0. The molecule has 0 radical (unpaired) electrons. The molecule has 0 N–H and O–H groups in total. The third kappa shape index (κ3) is 6.82. The van der Waals surface area contributed by atoms with Gasteiger partial charge in [-0.2, -0.15) is 0 Å². The van der Waals surface area contributed by atoms with Crippen molar-refractivity contribution in [1.29, 1.82) is 0 Å². The third-order valence-electron chi connectivity index (χ3n) is 21.6. The highest BCUT2D eigenvalue weighted by atomic mass is 28.3. The van der Waals surface area contributed by atoms with Gasteiger partial charge in [0.1, 0.15) is 0 Å². The molecule has 4 aliphatic heterocycles. The third-order valence-corrected chi connectivity index (χ3v) is 23.6. The molecule has 1 fully saturated rings. The van der Waals surface area contributed by atoms with E-state index in [1.807, 2.05) is 0 Å². The number of benzene rings is 9. The summed E-state index contributed by atoms with van der Waals surface area (Å²) >= 11 is 0. The van der Waals surface area contributed by atoms with Crippen molar-refractivity contribution in [3.05, 3.63) is 221 Å². The van der Waals surface area contributed by atoms with Crippen molar-refractivity contribution < 1.29 is 0 Å². The van der Waals surface area contributed by atoms with E-state index in [1.54, 1.807) is 10.8 Å². The van der Waals surface area contributed by atoms with Gasteiger partial charge in [-0.25, -0.2) is 0 Å². The minimum absolute atomic E-state index is 0.00410. The first-order valence-corrected chi connectivity index (χ1v) is 34.0. The van der Waals surface area contributed by atoms with E-state index in [2.05, 4.69) is 279 Å². The van der Waals surface area contributed by atoms with E-state index in [1.165, 1.54) is 124 Å². The molecule has 0 amide bonds. The van der Waals surface area contributed by atoms with Crippen molar-refractivity contribution in [1.82, 2.24) is 0 Å². The number of anilines is 7. The standard InChI is InChI=1S/C76H78BN3Si/c1-71(2,3)54-34-36-64(58(43-54)52-33-32-49-24-16-17-26-51(49)42-52)78-66-37-35-55(72(4,5)6)44-62(66)77-63-48-57(81(10,11)12)47-61-70(63)80(74(8)39-22-23-40-76(61,74)53-27-14-13-15-28-53)68-46-56(45-67(78)69(68)77)79-65-31-21-20-30-60(65)73(7)41-38-50-25-18-19-29-59(50)75(73,79)9/h13-21,24-37,42-48H,22-23,38-41H2,1-12H3. The van der Waals surface area contributed by atoms with Crippen LogP contribution in [0, 0.1) is 0 Å². The lowest BCUT2D eigenvalue weighted by atomic mass is 9.33. The summed E-state index contributed by atoms with van der Waals surface area (Å²) in [6.45, 7) is 29.9. The van der Waals surface area contributed by atoms with Crippen molar-refractivity contribution in [3.8, 4) is 11.1 Å². The Morgan fingerprint density at radius 3 is 1.90 bits per heavy atom. The molecule has 4 atom stereocenters. The first-order valence-electron chi connectivity index (χ1n) is 30.5. The highest BCUT2D eigenvalue weighted by molar-refractivity contribution is 7.01. The van der Waals surface area contributed by atoms with Crippen LogP contribution in [0.5, 0.6) is 0 Å². The first-order chi connectivity index (χ1) is 38.7. The monoisotopic (exact) mass is 1070 g/mol. The molecule has 6 aliphatic rings. The van der Waals surface area contributed by atoms with Gasteiger partial charge in [0.15, 0.2) is 0 Å². The van der Waals surface area contributed by atoms with Gasteiger partial charge in [0, 0.05) is 50.5 Å². The zero-order valence-corrected chi connectivity index (χ0v) is 51.0. The lowest BCUT2D eigenvalue weighted by Crippen LogP contribution is -2.65. The van der Waals surface area contributed by atoms with Gasteiger partial charge >= 0.3 is 0 Å². The molecule has 5 heteroatoms. The highest BCUT2D eigenvalue weighted by Gasteiger charge is 2.65. The molecule has 4 unspecified atom stereocenters. The molecule has 2 aliphatic carbocycles. The molecule has 0 spiro atoms. The normalized spacial score (nSPS) is 23.1. The lowest BCUT2D eigenvalue weighted by Gasteiger charge is -2.55. The maximum absolute atomic E-state index is 3.00. The van der Waals surface area contributed by atoms with Gasteiger partial charge in [-0.05, 0) is 164 Å². The second-order valence-electron chi connectivity index (χ2n) is 28.9. The average Bonchev–Trinajstić information content (AvgIpc) is 2.63. The highest BCUT2D eigenvalue weighted by Crippen LogP contribution is 2.67. The molecule has 1 saturated carbocycles. The van der Waals surface area contributed by atoms with Crippen LogP contribution in [0.25, 0.3) is 21.9 Å². The number of nitrogens with zero attached hydrogens (tertiary/aromatic N) is 3. The average molecular weight is 1070 g/mol. The van der Waals surface area contributed by atoms with E-state index < -0.39 is 8.07 Å². The van der Waals surface area contributed by atoms with Crippen LogP contribution >= 0.6 is 0 Å². The van der Waals surface area contributed by atoms with Gasteiger partial charge in [0.2, 0.25) is 0 Å². The topological polar surface area (TPSA) is 9.72 Å². The number of rotatable bonds is 5. The van der Waals surface area contributed by atoms with E-state index in [4.69, 9.17) is 0 Å². The Morgan fingerprint density at radius 1 is 0.494 bits per heavy atom. The van der Waals surface area contributed by atoms with Crippen molar-refractivity contribution >= 4 is 86.9 Å². The molecule has 0 bridgehead atoms. The Labute approximate surface area is 484 Å². The van der Waals surface area contributed by atoms with E-state index in [9.17, 15) is 0 Å². The van der Waals surface area contributed by atoms with Crippen molar-refractivity contribution in [2.75, 3.05) is 14.7 Å². The van der Waals surface area contributed by atoms with Crippen LogP contribution in [0.4, 0.5) is 39.8 Å². The van der Waals surface area contributed by atoms with Crippen LogP contribution in [0.3, 0.4) is 0 Å². The minimum Gasteiger partial charge on any atom is -0.335 e. The number of hydrogen-bond acceptors (Lipinski definition) is 3. The fourth-order valence-electron chi connectivity index (χ4n) is 17.1. The van der Waals surface area contributed by atoms with Crippen molar-refractivity contribution in [2.24, 2.45) is 0 Å². The molecule has 9 aromatic carbocycles. The molecule has 404 valence electrons. The summed E-state index contributed by atoms with van der Waals surface area (Å²) in [7, 11) is -1.91. The smallest absolute Gasteiger partial charge is 0.252 e. The molecule has 0 aromatic heterocycles. The van der Waals surface area contributed by atoms with Gasteiger partial charge in [0.25, 0.3) is 6.71 Å². The van der Waals surface area contributed by atoms with E-state index in [0.717, 1.165) is 25.7 Å². The molecular formula is C76H78BN3Si. The molecule has 81 heavy (non-hydrogen) atoms. The Kier molecular flexibility index (Phi) is 10.7. The summed E-state index contributed by atoms with van der Waals surface area (Å²) in [5.74, 6) is 0. The Balaban J connectivity index is 1.12. The molecule has 3 nitrogen and oxygen atoms in total. The van der Waals surface area contributed by atoms with Gasteiger partial charge in [-0.15, -0.1) is 0 Å². The predicted molar refractivity (Wildman–Crippen MR) is 350 cm³/mol. The summed E-state index contributed by atoms with van der Waals surface area (Å²) < 4.78 is 0. The van der Waals surface area contributed by atoms with Crippen LogP contribution in [0.2, 0.25) is 19.6 Å². The quantitative estimate of drug-likeness (QED) is 0.159. The van der Waals surface area contributed by atoms with Gasteiger partial charge in [0.05, 0.1) is 24.8 Å².